The standard InChI is InChI=1S/C15H20N2O2S/c1-10-6-5-7-15(4,8-10)20-14-13(9-19-12(3)18)16-11(2)17-14/h5-6,8H,7,9H2,1-4H3,(H,16,17). The number of thioether (sulfide) groups is 1. The summed E-state index contributed by atoms with van der Waals surface area (Å²) >= 11 is 1.71. The number of imidazole rings is 1. The van der Waals surface area contributed by atoms with E-state index >= 15 is 0 Å². The van der Waals surface area contributed by atoms with Crippen LogP contribution in [0.25, 0.3) is 0 Å². The van der Waals surface area contributed by atoms with Crippen LogP contribution >= 0.6 is 11.8 Å². The molecule has 1 aromatic rings. The Bertz CT molecular complexity index is 574. The zero-order valence-corrected chi connectivity index (χ0v) is 13.1. The van der Waals surface area contributed by atoms with Gasteiger partial charge in [0.25, 0.3) is 0 Å². The summed E-state index contributed by atoms with van der Waals surface area (Å²) in [5.74, 6) is 0.557. The zero-order valence-electron chi connectivity index (χ0n) is 12.3. The van der Waals surface area contributed by atoms with Crippen LogP contribution in [0.15, 0.2) is 28.8 Å². The van der Waals surface area contributed by atoms with Crippen LogP contribution in [-0.4, -0.2) is 20.7 Å². The molecule has 1 heterocycles. The number of aryl methyl sites for hydroxylation is 1. The van der Waals surface area contributed by atoms with E-state index in [1.807, 2.05) is 6.92 Å². The lowest BCUT2D eigenvalue weighted by molar-refractivity contribution is -0.142. The van der Waals surface area contributed by atoms with Gasteiger partial charge in [-0.05, 0) is 27.2 Å². The van der Waals surface area contributed by atoms with E-state index in [1.165, 1.54) is 12.5 Å². The first-order valence-electron chi connectivity index (χ1n) is 6.62. The van der Waals surface area contributed by atoms with Crippen LogP contribution in [0.4, 0.5) is 0 Å². The normalized spacial score (nSPS) is 21.7. The number of aromatic nitrogens is 2. The summed E-state index contributed by atoms with van der Waals surface area (Å²) in [7, 11) is 0. The largest absolute Gasteiger partial charge is 0.459 e. The first-order chi connectivity index (χ1) is 9.38. The first kappa shape index (κ1) is 14.9. The van der Waals surface area contributed by atoms with Gasteiger partial charge in [-0.3, -0.25) is 4.79 Å². The zero-order chi connectivity index (χ0) is 14.8. The minimum absolute atomic E-state index is 0.00849. The second-order valence-electron chi connectivity index (χ2n) is 5.30. The Balaban J connectivity index is 2.16. The summed E-state index contributed by atoms with van der Waals surface area (Å²) in [4.78, 5) is 18.6. The predicted octanol–water partition coefficient (Wildman–Crippen LogP) is 3.54. The molecule has 0 radical (unpaired) electrons. The van der Waals surface area contributed by atoms with E-state index in [-0.39, 0.29) is 17.3 Å². The Morgan fingerprint density at radius 2 is 2.30 bits per heavy atom. The first-order valence-corrected chi connectivity index (χ1v) is 7.43. The predicted molar refractivity (Wildman–Crippen MR) is 80.6 cm³/mol. The fourth-order valence-corrected chi connectivity index (χ4v) is 3.52. The molecule has 0 saturated heterocycles. The third-order valence-corrected chi connectivity index (χ3v) is 4.33. The van der Waals surface area contributed by atoms with Gasteiger partial charge in [-0.25, -0.2) is 4.98 Å². The number of hydrogen-bond acceptors (Lipinski definition) is 4. The number of nitrogens with zero attached hydrogens (tertiary/aromatic N) is 1. The van der Waals surface area contributed by atoms with Crippen LogP contribution in [0, 0.1) is 6.92 Å². The quantitative estimate of drug-likeness (QED) is 0.862. The van der Waals surface area contributed by atoms with Gasteiger partial charge in [-0.2, -0.15) is 0 Å². The smallest absolute Gasteiger partial charge is 0.303 e. The second kappa shape index (κ2) is 5.87. The van der Waals surface area contributed by atoms with Crippen molar-refractivity contribution in [1.82, 2.24) is 9.97 Å². The number of rotatable bonds is 4. The van der Waals surface area contributed by atoms with E-state index in [9.17, 15) is 4.79 Å². The van der Waals surface area contributed by atoms with Gasteiger partial charge in [0, 0.05) is 11.7 Å². The lowest BCUT2D eigenvalue weighted by Gasteiger charge is -2.26. The van der Waals surface area contributed by atoms with E-state index in [2.05, 4.69) is 42.0 Å². The molecule has 1 aliphatic carbocycles. The molecule has 1 atom stereocenters. The Labute approximate surface area is 123 Å². The summed E-state index contributed by atoms with van der Waals surface area (Å²) in [5, 5.41) is 0.908. The average Bonchev–Trinajstić information content (AvgIpc) is 2.65. The van der Waals surface area contributed by atoms with Crippen LogP contribution in [-0.2, 0) is 16.1 Å². The second-order valence-corrected chi connectivity index (χ2v) is 6.82. The van der Waals surface area contributed by atoms with Crippen LogP contribution in [0.3, 0.4) is 0 Å². The Morgan fingerprint density at radius 3 is 2.95 bits per heavy atom. The molecule has 0 spiro atoms. The number of ether oxygens (including phenoxy) is 1. The van der Waals surface area contributed by atoms with Crippen LogP contribution in [0.1, 0.15) is 38.7 Å². The molecule has 0 amide bonds. The topological polar surface area (TPSA) is 55.0 Å². The maximum atomic E-state index is 10.9. The van der Waals surface area contributed by atoms with Gasteiger partial charge in [0.1, 0.15) is 17.5 Å². The van der Waals surface area contributed by atoms with Gasteiger partial charge < -0.3 is 9.72 Å². The number of aromatic amines is 1. The maximum absolute atomic E-state index is 10.9. The van der Waals surface area contributed by atoms with Gasteiger partial charge in [-0.1, -0.05) is 35.6 Å². The number of esters is 1. The van der Waals surface area contributed by atoms with E-state index in [1.54, 1.807) is 11.8 Å². The highest BCUT2D eigenvalue weighted by molar-refractivity contribution is 8.00. The SMILES string of the molecule is CC(=O)OCc1[nH]c(C)nc1SC1(C)C=C(C)C=CC1. The van der Waals surface area contributed by atoms with Crippen molar-refractivity contribution in [2.45, 2.75) is 50.5 Å². The highest BCUT2D eigenvalue weighted by atomic mass is 32.2. The Hall–Kier alpha value is -1.49. The molecule has 108 valence electrons. The summed E-state index contributed by atoms with van der Waals surface area (Å²) in [6.07, 6.45) is 7.55. The van der Waals surface area contributed by atoms with E-state index < -0.39 is 0 Å². The van der Waals surface area contributed by atoms with Gasteiger partial charge in [0.15, 0.2) is 0 Å². The molecule has 0 bridgehead atoms. The number of hydrogen-bond donors (Lipinski definition) is 1. The number of carbonyl (C=O) groups is 1. The van der Waals surface area contributed by atoms with Gasteiger partial charge >= 0.3 is 5.97 Å². The summed E-state index contributed by atoms with van der Waals surface area (Å²) in [5.41, 5.74) is 2.13. The van der Waals surface area contributed by atoms with Gasteiger partial charge in [-0.15, -0.1) is 0 Å². The average molecular weight is 292 g/mol. The lowest BCUT2D eigenvalue weighted by Crippen LogP contribution is -2.18. The number of allylic oxidation sites excluding steroid dienone is 3. The molecule has 1 aromatic heterocycles. The van der Waals surface area contributed by atoms with Crippen molar-refractivity contribution in [3.63, 3.8) is 0 Å². The highest BCUT2D eigenvalue weighted by Gasteiger charge is 2.26. The van der Waals surface area contributed by atoms with Crippen molar-refractivity contribution < 1.29 is 9.53 Å². The minimum Gasteiger partial charge on any atom is -0.459 e. The van der Waals surface area contributed by atoms with Crippen molar-refractivity contribution in [2.24, 2.45) is 0 Å². The van der Waals surface area contributed by atoms with Crippen molar-refractivity contribution >= 4 is 17.7 Å². The lowest BCUT2D eigenvalue weighted by atomic mass is 9.98. The molecule has 0 saturated carbocycles. The maximum Gasteiger partial charge on any atom is 0.303 e. The van der Waals surface area contributed by atoms with E-state index in [0.717, 1.165) is 23.0 Å². The monoisotopic (exact) mass is 292 g/mol. The summed E-state index contributed by atoms with van der Waals surface area (Å²) in [6.45, 7) is 7.86. The van der Waals surface area contributed by atoms with E-state index in [0.29, 0.717) is 0 Å². The molecule has 5 heteroatoms. The molecule has 1 N–H and O–H groups in total. The fraction of sp³-hybridized carbons (Fsp3) is 0.467. The molecule has 1 aliphatic rings. The van der Waals surface area contributed by atoms with Crippen molar-refractivity contribution in [2.75, 3.05) is 0 Å². The van der Waals surface area contributed by atoms with Crippen LogP contribution in [0.5, 0.6) is 0 Å². The van der Waals surface area contributed by atoms with Crippen molar-refractivity contribution in [1.29, 1.82) is 0 Å². The summed E-state index contributed by atoms with van der Waals surface area (Å²) < 4.78 is 5.06. The molecular formula is C15H20N2O2S. The summed E-state index contributed by atoms with van der Waals surface area (Å²) in [6, 6.07) is 0. The van der Waals surface area contributed by atoms with E-state index in [4.69, 9.17) is 4.74 Å². The number of carbonyl (C=O) groups excluding carboxylic acids is 1. The molecule has 1 unspecified atom stereocenters. The molecule has 0 fully saturated rings. The van der Waals surface area contributed by atoms with Crippen LogP contribution < -0.4 is 0 Å². The van der Waals surface area contributed by atoms with Crippen molar-refractivity contribution in [3.05, 3.63) is 35.3 Å². The minimum atomic E-state index is -0.282. The highest BCUT2D eigenvalue weighted by Crippen LogP contribution is 2.40. The van der Waals surface area contributed by atoms with Crippen LogP contribution in [0.2, 0.25) is 0 Å². The molecular weight excluding hydrogens is 272 g/mol. The van der Waals surface area contributed by atoms with Gasteiger partial charge in [0.05, 0.1) is 5.69 Å². The molecule has 2 rings (SSSR count). The molecule has 0 aromatic carbocycles. The third kappa shape index (κ3) is 3.76. The Morgan fingerprint density at radius 1 is 1.55 bits per heavy atom. The third-order valence-electron chi connectivity index (χ3n) is 3.05. The molecule has 20 heavy (non-hydrogen) atoms. The van der Waals surface area contributed by atoms with Crippen molar-refractivity contribution in [3.8, 4) is 0 Å². The molecule has 4 nitrogen and oxygen atoms in total. The Kier molecular flexibility index (Phi) is 4.38. The number of H-pyrrole nitrogens is 1. The number of nitrogens with one attached hydrogen (secondary N) is 1. The fourth-order valence-electron chi connectivity index (χ4n) is 2.24. The van der Waals surface area contributed by atoms with Gasteiger partial charge in [0.2, 0.25) is 0 Å². The molecule has 0 aliphatic heterocycles.